The fourth-order valence-electron chi connectivity index (χ4n) is 0.294. The van der Waals surface area contributed by atoms with Crippen molar-refractivity contribution in [3.63, 3.8) is 0 Å². The van der Waals surface area contributed by atoms with E-state index in [-0.39, 0.29) is 0 Å². The Hall–Kier alpha value is -0.930. The molecule has 1 aromatic rings. The summed E-state index contributed by atoms with van der Waals surface area (Å²) in [5, 5.41) is 10.2. The van der Waals surface area contributed by atoms with Gasteiger partial charge >= 0.3 is 0 Å². The van der Waals surface area contributed by atoms with Crippen LogP contribution in [0.1, 0.15) is 6.92 Å². The molecule has 0 amide bonds. The van der Waals surface area contributed by atoms with Gasteiger partial charge in [0.05, 0.1) is 0 Å². The van der Waals surface area contributed by atoms with Crippen molar-refractivity contribution < 1.29 is 0 Å². The van der Waals surface area contributed by atoms with Crippen LogP contribution < -0.4 is 0 Å². The molecular formula is C3H5N4. The number of tetrazole rings is 1. The Balaban J connectivity index is 2.76. The van der Waals surface area contributed by atoms with Crippen LogP contribution in [0, 0.1) is 6.33 Å². The van der Waals surface area contributed by atoms with E-state index in [2.05, 4.69) is 21.9 Å². The highest BCUT2D eigenvalue weighted by molar-refractivity contribution is 4.36. The summed E-state index contributed by atoms with van der Waals surface area (Å²) < 4.78 is 1.53. The topological polar surface area (TPSA) is 43.6 Å². The summed E-state index contributed by atoms with van der Waals surface area (Å²) in [6.45, 7) is 2.74. The second-order valence-corrected chi connectivity index (χ2v) is 1.09. The van der Waals surface area contributed by atoms with Crippen molar-refractivity contribution in [2.45, 2.75) is 13.5 Å². The maximum atomic E-state index is 3.53. The molecule has 37 valence electrons. The summed E-state index contributed by atoms with van der Waals surface area (Å²) >= 11 is 0. The molecule has 1 aromatic heterocycles. The van der Waals surface area contributed by atoms with Gasteiger partial charge in [0.1, 0.15) is 0 Å². The van der Waals surface area contributed by atoms with Crippen LogP contribution in [0.2, 0.25) is 0 Å². The highest BCUT2D eigenvalue weighted by Crippen LogP contribution is 1.69. The average Bonchev–Trinajstić information content (AvgIpc) is 2.14. The molecule has 7 heavy (non-hydrogen) atoms. The average molecular weight is 97.1 g/mol. The van der Waals surface area contributed by atoms with Gasteiger partial charge in [0.15, 0.2) is 0 Å². The first kappa shape index (κ1) is 4.23. The van der Waals surface area contributed by atoms with Gasteiger partial charge in [0, 0.05) is 6.54 Å². The lowest BCUT2D eigenvalue weighted by atomic mass is 10.8. The van der Waals surface area contributed by atoms with E-state index in [1.54, 1.807) is 0 Å². The van der Waals surface area contributed by atoms with E-state index in [1.807, 2.05) is 6.92 Å². The highest BCUT2D eigenvalue weighted by Gasteiger charge is 1.82. The smallest absolute Gasteiger partial charge is 0.221 e. The van der Waals surface area contributed by atoms with E-state index in [4.69, 9.17) is 0 Å². The number of hydrogen-bond acceptors (Lipinski definition) is 3. The van der Waals surface area contributed by atoms with Crippen LogP contribution in [0.5, 0.6) is 0 Å². The molecule has 0 atom stereocenters. The summed E-state index contributed by atoms with van der Waals surface area (Å²) in [6.07, 6.45) is 2.53. The third-order valence-corrected chi connectivity index (χ3v) is 0.652. The Labute approximate surface area is 41.1 Å². The van der Waals surface area contributed by atoms with E-state index < -0.39 is 0 Å². The fraction of sp³-hybridized carbons (Fsp3) is 0.667. The van der Waals surface area contributed by atoms with Crippen LogP contribution in [-0.2, 0) is 6.54 Å². The molecule has 0 bridgehead atoms. The fourth-order valence-corrected chi connectivity index (χ4v) is 0.294. The number of aryl methyl sites for hydroxylation is 1. The minimum atomic E-state index is 0.785. The molecule has 1 heterocycles. The number of rotatable bonds is 1. The highest BCUT2D eigenvalue weighted by atomic mass is 15.5. The van der Waals surface area contributed by atoms with E-state index in [0.29, 0.717) is 0 Å². The van der Waals surface area contributed by atoms with Gasteiger partial charge in [0.25, 0.3) is 0 Å². The molecule has 0 aliphatic rings. The molecule has 0 fully saturated rings. The van der Waals surface area contributed by atoms with Crippen LogP contribution in [-0.4, -0.2) is 20.2 Å². The Morgan fingerprint density at radius 2 is 2.57 bits per heavy atom. The molecule has 1 radical (unpaired) electrons. The Morgan fingerprint density at radius 1 is 1.71 bits per heavy atom. The standard InChI is InChI=1S/C3H5N4/c1-2-7-3-4-5-6-7/h2H2,1H3. The van der Waals surface area contributed by atoms with Crippen LogP contribution in [0.15, 0.2) is 0 Å². The van der Waals surface area contributed by atoms with Crippen molar-refractivity contribution in [3.05, 3.63) is 6.33 Å². The molecule has 0 spiro atoms. The SMILES string of the molecule is CCn1[c]nnn1. The summed E-state index contributed by atoms with van der Waals surface area (Å²) in [6, 6.07) is 0. The molecule has 1 rings (SSSR count). The van der Waals surface area contributed by atoms with Crippen molar-refractivity contribution in [2.24, 2.45) is 0 Å². The van der Waals surface area contributed by atoms with Crippen molar-refractivity contribution in [2.75, 3.05) is 0 Å². The molecule has 4 heteroatoms. The molecule has 0 N–H and O–H groups in total. The third-order valence-electron chi connectivity index (χ3n) is 0.652. The van der Waals surface area contributed by atoms with Crippen molar-refractivity contribution in [3.8, 4) is 0 Å². The van der Waals surface area contributed by atoms with Gasteiger partial charge in [-0.25, -0.2) is 4.68 Å². The monoisotopic (exact) mass is 97.1 g/mol. The number of nitrogens with zero attached hydrogens (tertiary/aromatic N) is 4. The van der Waals surface area contributed by atoms with Crippen molar-refractivity contribution in [1.29, 1.82) is 0 Å². The Kier molecular flexibility index (Phi) is 1.02. The minimum Gasteiger partial charge on any atom is -0.223 e. The predicted octanol–water partition coefficient (Wildman–Crippen LogP) is -0.507. The molecule has 0 saturated carbocycles. The van der Waals surface area contributed by atoms with Gasteiger partial charge in [-0.15, -0.1) is 5.10 Å². The van der Waals surface area contributed by atoms with E-state index in [9.17, 15) is 0 Å². The number of hydrogen-bond donors (Lipinski definition) is 0. The van der Waals surface area contributed by atoms with Gasteiger partial charge in [-0.3, -0.25) is 0 Å². The molecule has 4 nitrogen and oxygen atoms in total. The second kappa shape index (κ2) is 1.68. The number of aromatic nitrogens is 4. The maximum absolute atomic E-state index is 3.53. The van der Waals surface area contributed by atoms with Crippen LogP contribution in [0.25, 0.3) is 0 Å². The zero-order valence-corrected chi connectivity index (χ0v) is 4.00. The van der Waals surface area contributed by atoms with Gasteiger partial charge in [0.2, 0.25) is 6.33 Å². The van der Waals surface area contributed by atoms with Crippen LogP contribution in [0.3, 0.4) is 0 Å². The summed E-state index contributed by atoms with van der Waals surface area (Å²) in [5.41, 5.74) is 0. The quantitative estimate of drug-likeness (QED) is 0.474. The lowest BCUT2D eigenvalue weighted by Gasteiger charge is -1.81. The summed E-state index contributed by atoms with van der Waals surface area (Å²) in [4.78, 5) is 0. The van der Waals surface area contributed by atoms with Gasteiger partial charge in [-0.1, -0.05) is 0 Å². The molecule has 0 aromatic carbocycles. The minimum absolute atomic E-state index is 0.785. The first-order valence-corrected chi connectivity index (χ1v) is 2.07. The van der Waals surface area contributed by atoms with Crippen LogP contribution in [0.4, 0.5) is 0 Å². The van der Waals surface area contributed by atoms with E-state index in [0.717, 1.165) is 6.54 Å². The summed E-state index contributed by atoms with van der Waals surface area (Å²) in [5.74, 6) is 0. The lowest BCUT2D eigenvalue weighted by molar-refractivity contribution is 0.622. The molecule has 0 saturated heterocycles. The zero-order valence-electron chi connectivity index (χ0n) is 4.00. The Bertz CT molecular complexity index is 121. The van der Waals surface area contributed by atoms with Crippen molar-refractivity contribution >= 4 is 0 Å². The molecular weight excluding hydrogens is 92.1 g/mol. The van der Waals surface area contributed by atoms with E-state index >= 15 is 0 Å². The third kappa shape index (κ3) is 0.734. The molecule has 0 aliphatic heterocycles. The van der Waals surface area contributed by atoms with Crippen molar-refractivity contribution in [1.82, 2.24) is 20.2 Å². The Morgan fingerprint density at radius 3 is 2.86 bits per heavy atom. The first-order chi connectivity index (χ1) is 3.43. The molecule has 0 aliphatic carbocycles. The summed E-state index contributed by atoms with van der Waals surface area (Å²) in [7, 11) is 0. The normalized spacial score (nSPS) is 9.29. The lowest BCUT2D eigenvalue weighted by Crippen LogP contribution is -1.93. The largest absolute Gasteiger partial charge is 0.223 e. The van der Waals surface area contributed by atoms with Gasteiger partial charge in [-0.05, 0) is 17.4 Å². The molecule has 0 unspecified atom stereocenters. The zero-order chi connectivity index (χ0) is 5.11. The van der Waals surface area contributed by atoms with Crippen LogP contribution >= 0.6 is 0 Å². The van der Waals surface area contributed by atoms with E-state index in [1.165, 1.54) is 4.68 Å². The predicted molar refractivity (Wildman–Crippen MR) is 22.3 cm³/mol. The van der Waals surface area contributed by atoms with Gasteiger partial charge < -0.3 is 0 Å². The van der Waals surface area contributed by atoms with Gasteiger partial charge in [-0.2, -0.15) is 0 Å². The maximum Gasteiger partial charge on any atom is 0.221 e. The first-order valence-electron chi connectivity index (χ1n) is 2.07. The second-order valence-electron chi connectivity index (χ2n) is 1.09.